The SMILES string of the molecule is COC(CO)C(O)CCCl. The highest BCUT2D eigenvalue weighted by Crippen LogP contribution is 2.02. The van der Waals surface area contributed by atoms with Crippen LogP contribution in [0.1, 0.15) is 6.42 Å². The molecule has 2 unspecified atom stereocenters. The molecule has 0 amide bonds. The summed E-state index contributed by atoms with van der Waals surface area (Å²) in [5.74, 6) is 0.376. The summed E-state index contributed by atoms with van der Waals surface area (Å²) in [6.45, 7) is -0.172. The first-order valence-electron chi connectivity index (χ1n) is 3.14. The number of aliphatic hydroxyl groups excluding tert-OH is 2. The van der Waals surface area contributed by atoms with Crippen molar-refractivity contribution < 1.29 is 14.9 Å². The molecule has 0 aromatic carbocycles. The minimum absolute atomic E-state index is 0.172. The van der Waals surface area contributed by atoms with Gasteiger partial charge in [0.05, 0.1) is 12.7 Å². The standard InChI is InChI=1S/C6H13ClO3/c1-10-6(4-8)5(9)2-3-7/h5-6,8-9H,2-4H2,1H3. The molecule has 0 spiro atoms. The lowest BCUT2D eigenvalue weighted by Gasteiger charge is -2.17. The number of halogens is 1. The van der Waals surface area contributed by atoms with Crippen LogP contribution in [0.5, 0.6) is 0 Å². The van der Waals surface area contributed by atoms with Crippen LogP contribution < -0.4 is 0 Å². The summed E-state index contributed by atoms with van der Waals surface area (Å²) in [5, 5.41) is 17.7. The topological polar surface area (TPSA) is 49.7 Å². The number of hydrogen-bond donors (Lipinski definition) is 2. The van der Waals surface area contributed by atoms with E-state index in [-0.39, 0.29) is 6.61 Å². The molecule has 2 N–H and O–H groups in total. The molecule has 0 aromatic rings. The Labute approximate surface area is 65.6 Å². The lowest BCUT2D eigenvalue weighted by atomic mass is 10.2. The zero-order valence-electron chi connectivity index (χ0n) is 5.96. The molecule has 0 aliphatic heterocycles. The lowest BCUT2D eigenvalue weighted by Crippen LogP contribution is -2.31. The summed E-state index contributed by atoms with van der Waals surface area (Å²) in [5.41, 5.74) is 0. The molecule has 0 saturated carbocycles. The summed E-state index contributed by atoms with van der Waals surface area (Å²) in [4.78, 5) is 0. The lowest BCUT2D eigenvalue weighted by molar-refractivity contribution is -0.0415. The van der Waals surface area contributed by atoms with E-state index in [2.05, 4.69) is 0 Å². The highest BCUT2D eigenvalue weighted by atomic mass is 35.5. The summed E-state index contributed by atoms with van der Waals surface area (Å²) >= 11 is 5.36. The van der Waals surface area contributed by atoms with Crippen LogP contribution in [0.2, 0.25) is 0 Å². The maximum Gasteiger partial charge on any atom is 0.106 e. The highest BCUT2D eigenvalue weighted by Gasteiger charge is 2.16. The first-order chi connectivity index (χ1) is 4.76. The van der Waals surface area contributed by atoms with Crippen molar-refractivity contribution in [2.75, 3.05) is 19.6 Å². The van der Waals surface area contributed by atoms with Crippen LogP contribution in [-0.4, -0.2) is 42.0 Å². The van der Waals surface area contributed by atoms with E-state index in [4.69, 9.17) is 26.6 Å². The van der Waals surface area contributed by atoms with Crippen LogP contribution in [0.3, 0.4) is 0 Å². The molecule has 0 radical (unpaired) electrons. The number of ether oxygens (including phenoxy) is 1. The average Bonchev–Trinajstić information content (AvgIpc) is 1.91. The zero-order chi connectivity index (χ0) is 7.98. The molecule has 0 saturated heterocycles. The van der Waals surface area contributed by atoms with Gasteiger partial charge in [-0.25, -0.2) is 0 Å². The summed E-state index contributed by atoms with van der Waals surface area (Å²) < 4.78 is 4.76. The van der Waals surface area contributed by atoms with E-state index in [0.717, 1.165) is 0 Å². The molecule has 62 valence electrons. The molecule has 0 aromatic heterocycles. The van der Waals surface area contributed by atoms with Crippen molar-refractivity contribution in [1.29, 1.82) is 0 Å². The van der Waals surface area contributed by atoms with Gasteiger partial charge in [-0.05, 0) is 6.42 Å². The van der Waals surface area contributed by atoms with Crippen molar-refractivity contribution in [3.63, 3.8) is 0 Å². The molecule has 0 fully saturated rings. The van der Waals surface area contributed by atoms with Gasteiger partial charge in [0.25, 0.3) is 0 Å². The second kappa shape index (κ2) is 5.92. The Kier molecular flexibility index (Phi) is 6.02. The average molecular weight is 169 g/mol. The second-order valence-corrected chi connectivity index (χ2v) is 2.38. The van der Waals surface area contributed by atoms with Crippen LogP contribution in [-0.2, 0) is 4.74 Å². The number of hydrogen-bond acceptors (Lipinski definition) is 3. The van der Waals surface area contributed by atoms with E-state index < -0.39 is 12.2 Å². The molecular weight excluding hydrogens is 156 g/mol. The summed E-state index contributed by atoms with van der Waals surface area (Å²) in [6.07, 6.45) is -0.716. The second-order valence-electron chi connectivity index (χ2n) is 2.00. The van der Waals surface area contributed by atoms with Crippen LogP contribution in [0, 0.1) is 0 Å². The van der Waals surface area contributed by atoms with Crippen molar-refractivity contribution in [3.8, 4) is 0 Å². The Hall–Kier alpha value is 0.170. The van der Waals surface area contributed by atoms with Gasteiger partial charge in [-0.15, -0.1) is 11.6 Å². The van der Waals surface area contributed by atoms with Crippen LogP contribution in [0.4, 0.5) is 0 Å². The number of rotatable bonds is 5. The van der Waals surface area contributed by atoms with E-state index in [1.54, 1.807) is 0 Å². The minimum Gasteiger partial charge on any atom is -0.394 e. The molecule has 0 aliphatic rings. The van der Waals surface area contributed by atoms with Gasteiger partial charge in [0, 0.05) is 13.0 Å². The van der Waals surface area contributed by atoms with E-state index in [1.807, 2.05) is 0 Å². The van der Waals surface area contributed by atoms with E-state index in [1.165, 1.54) is 7.11 Å². The predicted molar refractivity (Wildman–Crippen MR) is 39.2 cm³/mol. The molecule has 0 heterocycles. The van der Waals surface area contributed by atoms with Gasteiger partial charge in [0.2, 0.25) is 0 Å². The van der Waals surface area contributed by atoms with E-state index in [0.29, 0.717) is 12.3 Å². The molecule has 10 heavy (non-hydrogen) atoms. The van der Waals surface area contributed by atoms with Crippen molar-refractivity contribution in [1.82, 2.24) is 0 Å². The smallest absolute Gasteiger partial charge is 0.106 e. The molecule has 3 nitrogen and oxygen atoms in total. The van der Waals surface area contributed by atoms with Crippen LogP contribution >= 0.6 is 11.6 Å². The maximum atomic E-state index is 9.14. The van der Waals surface area contributed by atoms with Crippen molar-refractivity contribution in [3.05, 3.63) is 0 Å². The fourth-order valence-corrected chi connectivity index (χ4v) is 0.875. The van der Waals surface area contributed by atoms with Gasteiger partial charge in [-0.3, -0.25) is 0 Å². The number of methoxy groups -OCH3 is 1. The quantitative estimate of drug-likeness (QED) is 0.568. The molecule has 0 rings (SSSR count). The van der Waals surface area contributed by atoms with Crippen molar-refractivity contribution in [2.45, 2.75) is 18.6 Å². The van der Waals surface area contributed by atoms with E-state index >= 15 is 0 Å². The third-order valence-electron chi connectivity index (χ3n) is 1.32. The fourth-order valence-electron chi connectivity index (χ4n) is 0.651. The zero-order valence-corrected chi connectivity index (χ0v) is 6.71. The monoisotopic (exact) mass is 168 g/mol. The third-order valence-corrected chi connectivity index (χ3v) is 1.53. The molecule has 4 heteroatoms. The van der Waals surface area contributed by atoms with Gasteiger partial charge in [-0.2, -0.15) is 0 Å². The van der Waals surface area contributed by atoms with E-state index in [9.17, 15) is 0 Å². The van der Waals surface area contributed by atoms with Gasteiger partial charge < -0.3 is 14.9 Å². The predicted octanol–water partition coefficient (Wildman–Crippen LogP) is -0.0165. The molecular formula is C6H13ClO3. The van der Waals surface area contributed by atoms with Gasteiger partial charge in [0.15, 0.2) is 0 Å². The summed E-state index contributed by atoms with van der Waals surface area (Å²) in [6, 6.07) is 0. The molecule has 0 bridgehead atoms. The van der Waals surface area contributed by atoms with Crippen molar-refractivity contribution >= 4 is 11.6 Å². The normalized spacial score (nSPS) is 16.8. The molecule has 2 atom stereocenters. The Morgan fingerprint density at radius 1 is 1.60 bits per heavy atom. The third kappa shape index (κ3) is 3.37. The first kappa shape index (κ1) is 10.2. The maximum absolute atomic E-state index is 9.14. The first-order valence-corrected chi connectivity index (χ1v) is 3.67. The van der Waals surface area contributed by atoms with Crippen LogP contribution in [0.15, 0.2) is 0 Å². The van der Waals surface area contributed by atoms with Crippen molar-refractivity contribution in [2.24, 2.45) is 0 Å². The minimum atomic E-state index is -0.660. The number of aliphatic hydroxyl groups is 2. The Balaban J connectivity index is 3.53. The van der Waals surface area contributed by atoms with Crippen LogP contribution in [0.25, 0.3) is 0 Å². The molecule has 0 aliphatic carbocycles. The largest absolute Gasteiger partial charge is 0.394 e. The van der Waals surface area contributed by atoms with Gasteiger partial charge >= 0.3 is 0 Å². The van der Waals surface area contributed by atoms with Gasteiger partial charge in [-0.1, -0.05) is 0 Å². The van der Waals surface area contributed by atoms with Gasteiger partial charge in [0.1, 0.15) is 6.10 Å². The Morgan fingerprint density at radius 2 is 2.20 bits per heavy atom. The number of alkyl halides is 1. The Morgan fingerprint density at radius 3 is 2.50 bits per heavy atom. The highest BCUT2D eigenvalue weighted by molar-refractivity contribution is 6.17. The Bertz CT molecular complexity index is 75.4. The summed E-state index contributed by atoms with van der Waals surface area (Å²) in [7, 11) is 1.44. The fraction of sp³-hybridized carbons (Fsp3) is 1.00.